The molecule has 0 aliphatic heterocycles. The maximum Gasteiger partial charge on any atom is 0.170 e. The van der Waals surface area contributed by atoms with E-state index in [4.69, 9.17) is 23.8 Å². The fourth-order valence-corrected chi connectivity index (χ4v) is 2.26. The van der Waals surface area contributed by atoms with Crippen LogP contribution in [0.2, 0.25) is 5.02 Å². The van der Waals surface area contributed by atoms with Crippen LogP contribution in [0.25, 0.3) is 0 Å². The molecule has 2 nitrogen and oxygen atoms in total. The third kappa shape index (κ3) is 8.06. The molecule has 0 saturated carbocycles. The predicted molar refractivity (Wildman–Crippen MR) is 89.1 cm³/mol. The zero-order chi connectivity index (χ0) is 13.9. The molecule has 0 fully saturated rings. The van der Waals surface area contributed by atoms with Crippen molar-refractivity contribution in [2.75, 3.05) is 11.9 Å². The number of halogens is 1. The third-order valence-corrected chi connectivity index (χ3v) is 3.38. The first kappa shape index (κ1) is 16.3. The van der Waals surface area contributed by atoms with E-state index in [1.807, 2.05) is 24.3 Å². The lowest BCUT2D eigenvalue weighted by Crippen LogP contribution is -2.29. The maximum atomic E-state index is 5.91. The Bertz CT molecular complexity index is 382. The average molecular weight is 299 g/mol. The summed E-state index contributed by atoms with van der Waals surface area (Å²) in [5.41, 5.74) is 0.924. The standard InChI is InChI=1S/C15H23ClN2S/c1-2-3-4-5-6-7-11-17-15(19)18-14-10-8-9-13(16)12-14/h8-10,12H,2-7,11H2,1H3,(H2,17,18,19). The second kappa shape index (κ2) is 10.0. The molecule has 0 atom stereocenters. The third-order valence-electron chi connectivity index (χ3n) is 2.90. The Hall–Kier alpha value is -0.800. The molecule has 0 bridgehead atoms. The molecule has 0 aliphatic carbocycles. The smallest absolute Gasteiger partial charge is 0.170 e. The van der Waals surface area contributed by atoms with Crippen LogP contribution >= 0.6 is 23.8 Å². The second-order valence-electron chi connectivity index (χ2n) is 4.66. The zero-order valence-electron chi connectivity index (χ0n) is 11.5. The Morgan fingerprint density at radius 3 is 2.63 bits per heavy atom. The lowest BCUT2D eigenvalue weighted by Gasteiger charge is -2.10. The van der Waals surface area contributed by atoms with Gasteiger partial charge in [-0.25, -0.2) is 0 Å². The van der Waals surface area contributed by atoms with Gasteiger partial charge in [-0.1, -0.05) is 56.7 Å². The monoisotopic (exact) mass is 298 g/mol. The van der Waals surface area contributed by atoms with E-state index in [-0.39, 0.29) is 0 Å². The molecular formula is C15H23ClN2S. The van der Waals surface area contributed by atoms with E-state index in [2.05, 4.69) is 17.6 Å². The number of nitrogens with one attached hydrogen (secondary N) is 2. The van der Waals surface area contributed by atoms with E-state index in [9.17, 15) is 0 Å². The van der Waals surface area contributed by atoms with Crippen molar-refractivity contribution in [2.45, 2.75) is 45.4 Å². The minimum atomic E-state index is 0.663. The SMILES string of the molecule is CCCCCCCCNC(=S)Nc1cccc(Cl)c1. The first-order valence-corrected chi connectivity index (χ1v) is 7.81. The maximum absolute atomic E-state index is 5.91. The highest BCUT2D eigenvalue weighted by Crippen LogP contribution is 2.14. The van der Waals surface area contributed by atoms with Crippen LogP contribution in [0.3, 0.4) is 0 Å². The van der Waals surface area contributed by atoms with Crippen LogP contribution < -0.4 is 10.6 Å². The van der Waals surface area contributed by atoms with E-state index >= 15 is 0 Å². The van der Waals surface area contributed by atoms with Crippen molar-refractivity contribution in [1.82, 2.24) is 5.32 Å². The van der Waals surface area contributed by atoms with Crippen LogP contribution in [-0.4, -0.2) is 11.7 Å². The van der Waals surface area contributed by atoms with Crippen molar-refractivity contribution in [3.8, 4) is 0 Å². The fraction of sp³-hybridized carbons (Fsp3) is 0.533. The molecule has 0 unspecified atom stereocenters. The van der Waals surface area contributed by atoms with Crippen LogP contribution in [0.4, 0.5) is 5.69 Å². The molecule has 0 amide bonds. The second-order valence-corrected chi connectivity index (χ2v) is 5.50. The molecule has 1 aromatic carbocycles. The van der Waals surface area contributed by atoms with Crippen LogP contribution in [0.5, 0.6) is 0 Å². The van der Waals surface area contributed by atoms with Gasteiger partial charge in [0.25, 0.3) is 0 Å². The molecule has 4 heteroatoms. The van der Waals surface area contributed by atoms with Gasteiger partial charge in [0, 0.05) is 17.3 Å². The van der Waals surface area contributed by atoms with Gasteiger partial charge < -0.3 is 10.6 Å². The molecule has 19 heavy (non-hydrogen) atoms. The number of unbranched alkanes of at least 4 members (excludes halogenated alkanes) is 5. The summed E-state index contributed by atoms with van der Waals surface area (Å²) in [4.78, 5) is 0. The van der Waals surface area contributed by atoms with E-state index in [1.54, 1.807) is 0 Å². The summed E-state index contributed by atoms with van der Waals surface area (Å²) in [6.45, 7) is 3.17. The fourth-order valence-electron chi connectivity index (χ4n) is 1.85. The highest BCUT2D eigenvalue weighted by Gasteiger charge is 1.97. The number of hydrogen-bond acceptors (Lipinski definition) is 1. The molecule has 0 heterocycles. The molecule has 106 valence electrons. The summed E-state index contributed by atoms with van der Waals surface area (Å²) in [5, 5.41) is 7.72. The summed E-state index contributed by atoms with van der Waals surface area (Å²) in [6.07, 6.45) is 7.76. The van der Waals surface area contributed by atoms with Gasteiger partial charge in [-0.05, 0) is 36.8 Å². The summed E-state index contributed by atoms with van der Waals surface area (Å²) in [6, 6.07) is 7.56. The van der Waals surface area contributed by atoms with Crippen molar-refractivity contribution in [1.29, 1.82) is 0 Å². The van der Waals surface area contributed by atoms with Crippen molar-refractivity contribution >= 4 is 34.6 Å². The molecule has 1 aromatic rings. The van der Waals surface area contributed by atoms with E-state index < -0.39 is 0 Å². The van der Waals surface area contributed by atoms with E-state index in [0.717, 1.165) is 12.2 Å². The first-order valence-electron chi connectivity index (χ1n) is 7.03. The van der Waals surface area contributed by atoms with Gasteiger partial charge in [-0.15, -0.1) is 0 Å². The Morgan fingerprint density at radius 1 is 1.16 bits per heavy atom. The number of hydrogen-bond donors (Lipinski definition) is 2. The van der Waals surface area contributed by atoms with Crippen molar-refractivity contribution in [3.63, 3.8) is 0 Å². The Balaban J connectivity index is 2.08. The number of benzene rings is 1. The van der Waals surface area contributed by atoms with E-state index in [1.165, 1.54) is 38.5 Å². The highest BCUT2D eigenvalue weighted by molar-refractivity contribution is 7.80. The van der Waals surface area contributed by atoms with Crippen LogP contribution in [0.15, 0.2) is 24.3 Å². The average Bonchev–Trinajstić information content (AvgIpc) is 2.37. The lowest BCUT2D eigenvalue weighted by atomic mass is 10.1. The van der Waals surface area contributed by atoms with Gasteiger partial charge in [0.15, 0.2) is 5.11 Å². The van der Waals surface area contributed by atoms with Gasteiger partial charge in [0.2, 0.25) is 0 Å². The van der Waals surface area contributed by atoms with Crippen LogP contribution in [-0.2, 0) is 0 Å². The lowest BCUT2D eigenvalue weighted by molar-refractivity contribution is 0.603. The highest BCUT2D eigenvalue weighted by atomic mass is 35.5. The largest absolute Gasteiger partial charge is 0.362 e. The molecule has 0 aromatic heterocycles. The summed E-state index contributed by atoms with van der Waals surface area (Å²) >= 11 is 11.1. The van der Waals surface area contributed by atoms with Crippen molar-refractivity contribution < 1.29 is 0 Å². The van der Waals surface area contributed by atoms with E-state index in [0.29, 0.717) is 10.1 Å². The first-order chi connectivity index (χ1) is 9.22. The van der Waals surface area contributed by atoms with Crippen molar-refractivity contribution in [3.05, 3.63) is 29.3 Å². The topological polar surface area (TPSA) is 24.1 Å². The van der Waals surface area contributed by atoms with Crippen LogP contribution in [0, 0.1) is 0 Å². The molecule has 0 radical (unpaired) electrons. The molecule has 0 spiro atoms. The normalized spacial score (nSPS) is 10.2. The number of thiocarbonyl (C=S) groups is 1. The van der Waals surface area contributed by atoms with Gasteiger partial charge in [0.1, 0.15) is 0 Å². The summed E-state index contributed by atoms with van der Waals surface area (Å²) in [5.74, 6) is 0. The molecule has 0 saturated heterocycles. The van der Waals surface area contributed by atoms with Crippen LogP contribution in [0.1, 0.15) is 45.4 Å². The summed E-state index contributed by atoms with van der Waals surface area (Å²) in [7, 11) is 0. The minimum absolute atomic E-state index is 0.663. The summed E-state index contributed by atoms with van der Waals surface area (Å²) < 4.78 is 0. The molecule has 0 aliphatic rings. The Morgan fingerprint density at radius 2 is 1.89 bits per heavy atom. The zero-order valence-corrected chi connectivity index (χ0v) is 13.1. The van der Waals surface area contributed by atoms with Gasteiger partial charge >= 0.3 is 0 Å². The van der Waals surface area contributed by atoms with Gasteiger partial charge in [-0.3, -0.25) is 0 Å². The molecule has 2 N–H and O–H groups in total. The predicted octanol–water partition coefficient (Wildman–Crippen LogP) is 4.99. The molecular weight excluding hydrogens is 276 g/mol. The molecule has 1 rings (SSSR count). The quantitative estimate of drug-likeness (QED) is 0.522. The van der Waals surface area contributed by atoms with Crippen molar-refractivity contribution in [2.24, 2.45) is 0 Å². The number of anilines is 1. The van der Waals surface area contributed by atoms with Gasteiger partial charge in [0.05, 0.1) is 0 Å². The number of rotatable bonds is 8. The minimum Gasteiger partial charge on any atom is -0.362 e. The Kier molecular flexibility index (Phi) is 8.59. The van der Waals surface area contributed by atoms with Gasteiger partial charge in [-0.2, -0.15) is 0 Å². The Labute approximate surface area is 126 Å².